The Bertz CT molecular complexity index is 925. The van der Waals surface area contributed by atoms with Crippen molar-refractivity contribution in [2.45, 2.75) is 20.3 Å². The fraction of sp³-hybridized carbons (Fsp3) is 0.167. The van der Waals surface area contributed by atoms with Crippen LogP contribution in [-0.4, -0.2) is 16.8 Å². The number of nitrogens with zero attached hydrogens (tertiary/aromatic N) is 1. The second-order valence-electron chi connectivity index (χ2n) is 5.64. The topological polar surface area (TPSA) is 98.2 Å². The van der Waals surface area contributed by atoms with Gasteiger partial charge in [-0.3, -0.25) is 9.59 Å². The van der Waals surface area contributed by atoms with Gasteiger partial charge in [0, 0.05) is 5.69 Å². The van der Waals surface area contributed by atoms with Crippen LogP contribution in [0.2, 0.25) is 0 Å². The van der Waals surface area contributed by atoms with Crippen LogP contribution >= 0.6 is 11.3 Å². The predicted octanol–water partition coefficient (Wildman–Crippen LogP) is 3.30. The van der Waals surface area contributed by atoms with E-state index in [-0.39, 0.29) is 12.3 Å². The lowest BCUT2D eigenvalue weighted by Crippen LogP contribution is -2.14. The van der Waals surface area contributed by atoms with Crippen molar-refractivity contribution >= 4 is 28.8 Å². The molecular formula is C18H17N3O3S. The maximum atomic E-state index is 12.5. The van der Waals surface area contributed by atoms with Crippen LogP contribution in [0.25, 0.3) is 10.8 Å². The summed E-state index contributed by atoms with van der Waals surface area (Å²) in [4.78, 5) is 28.4. The van der Waals surface area contributed by atoms with Gasteiger partial charge in [-0.25, -0.2) is 4.98 Å². The van der Waals surface area contributed by atoms with Crippen molar-refractivity contribution in [3.63, 3.8) is 0 Å². The summed E-state index contributed by atoms with van der Waals surface area (Å²) in [7, 11) is 0. The third-order valence-electron chi connectivity index (χ3n) is 3.54. The molecule has 0 aliphatic carbocycles. The van der Waals surface area contributed by atoms with E-state index in [2.05, 4.69) is 10.3 Å². The lowest BCUT2D eigenvalue weighted by molar-refractivity contribution is -0.117. The summed E-state index contributed by atoms with van der Waals surface area (Å²) in [6.45, 7) is 3.65. The highest BCUT2D eigenvalue weighted by Gasteiger charge is 2.18. The molecule has 3 N–H and O–H groups in total. The molecule has 128 valence electrons. The highest BCUT2D eigenvalue weighted by atomic mass is 32.1. The van der Waals surface area contributed by atoms with Gasteiger partial charge in [0.1, 0.15) is 10.6 Å². The van der Waals surface area contributed by atoms with Crippen molar-refractivity contribution in [2.24, 2.45) is 5.73 Å². The molecular weight excluding hydrogens is 338 g/mol. The Kier molecular flexibility index (Phi) is 4.67. The van der Waals surface area contributed by atoms with Gasteiger partial charge in [0.2, 0.25) is 5.91 Å². The first-order valence-electron chi connectivity index (χ1n) is 7.65. The maximum absolute atomic E-state index is 12.5. The largest absolute Gasteiger partial charge is 0.459 e. The Morgan fingerprint density at radius 1 is 1.16 bits per heavy atom. The lowest BCUT2D eigenvalue weighted by Gasteiger charge is -2.05. The molecule has 0 unspecified atom stereocenters. The second-order valence-corrected chi connectivity index (χ2v) is 6.64. The first kappa shape index (κ1) is 16.9. The number of hydrogen-bond donors (Lipinski definition) is 2. The molecule has 2 amide bonds. The van der Waals surface area contributed by atoms with Crippen LogP contribution < -0.4 is 11.1 Å². The summed E-state index contributed by atoms with van der Waals surface area (Å²) in [5.41, 5.74) is 7.26. The zero-order valence-electron chi connectivity index (χ0n) is 13.8. The molecule has 2 heterocycles. The van der Waals surface area contributed by atoms with Crippen LogP contribution in [0.1, 0.15) is 26.7 Å². The number of rotatable bonds is 5. The summed E-state index contributed by atoms with van der Waals surface area (Å²) in [6.07, 6.45) is 0.175. The SMILES string of the molecule is Cc1ccc(-c2nc(C)c(C(=O)Nc3ccc(CC(N)=O)cc3)s2)o1. The quantitative estimate of drug-likeness (QED) is 0.733. The normalized spacial score (nSPS) is 10.6. The van der Waals surface area contributed by atoms with Gasteiger partial charge in [0.15, 0.2) is 10.8 Å². The monoisotopic (exact) mass is 355 g/mol. The van der Waals surface area contributed by atoms with Crippen molar-refractivity contribution < 1.29 is 14.0 Å². The van der Waals surface area contributed by atoms with Crippen molar-refractivity contribution in [2.75, 3.05) is 5.32 Å². The fourth-order valence-electron chi connectivity index (χ4n) is 2.36. The van der Waals surface area contributed by atoms with E-state index < -0.39 is 5.91 Å². The molecule has 7 heteroatoms. The lowest BCUT2D eigenvalue weighted by atomic mass is 10.1. The fourth-order valence-corrected chi connectivity index (χ4v) is 3.28. The molecule has 0 spiro atoms. The molecule has 3 rings (SSSR count). The molecule has 0 bridgehead atoms. The van der Waals surface area contributed by atoms with Crippen LogP contribution in [-0.2, 0) is 11.2 Å². The Morgan fingerprint density at radius 2 is 1.88 bits per heavy atom. The van der Waals surface area contributed by atoms with Crippen LogP contribution in [0.5, 0.6) is 0 Å². The number of thiazole rings is 1. The third kappa shape index (κ3) is 3.95. The van der Waals surface area contributed by atoms with Gasteiger partial charge in [-0.2, -0.15) is 0 Å². The van der Waals surface area contributed by atoms with Crippen LogP contribution in [0.4, 0.5) is 5.69 Å². The number of furan rings is 1. The third-order valence-corrected chi connectivity index (χ3v) is 4.71. The number of aryl methyl sites for hydroxylation is 2. The molecule has 0 saturated heterocycles. The average molecular weight is 355 g/mol. The van der Waals surface area contributed by atoms with Crippen molar-refractivity contribution in [3.8, 4) is 10.8 Å². The summed E-state index contributed by atoms with van der Waals surface area (Å²) in [6, 6.07) is 10.7. The van der Waals surface area contributed by atoms with E-state index in [0.29, 0.717) is 27.0 Å². The Labute approximate surface area is 148 Å². The Hall–Kier alpha value is -2.93. The predicted molar refractivity (Wildman–Crippen MR) is 96.6 cm³/mol. The molecule has 0 atom stereocenters. The van der Waals surface area contributed by atoms with Gasteiger partial charge < -0.3 is 15.5 Å². The minimum atomic E-state index is -0.391. The minimum absolute atomic E-state index is 0.175. The molecule has 0 aliphatic rings. The second kappa shape index (κ2) is 6.90. The number of hydrogen-bond acceptors (Lipinski definition) is 5. The molecule has 0 aliphatic heterocycles. The number of primary amides is 1. The van der Waals surface area contributed by atoms with Crippen molar-refractivity contribution in [1.29, 1.82) is 0 Å². The number of nitrogens with two attached hydrogens (primary N) is 1. The molecule has 0 radical (unpaired) electrons. The zero-order chi connectivity index (χ0) is 18.0. The van der Waals surface area contributed by atoms with E-state index in [1.807, 2.05) is 19.1 Å². The van der Waals surface area contributed by atoms with Gasteiger partial charge in [0.05, 0.1) is 12.1 Å². The van der Waals surface area contributed by atoms with E-state index in [1.54, 1.807) is 31.2 Å². The average Bonchev–Trinajstić information content (AvgIpc) is 3.14. The molecule has 25 heavy (non-hydrogen) atoms. The molecule has 0 fully saturated rings. The Balaban J connectivity index is 1.75. The van der Waals surface area contributed by atoms with Crippen molar-refractivity contribution in [1.82, 2.24) is 4.98 Å². The maximum Gasteiger partial charge on any atom is 0.267 e. The van der Waals surface area contributed by atoms with Gasteiger partial charge >= 0.3 is 0 Å². The van der Waals surface area contributed by atoms with Gasteiger partial charge in [-0.1, -0.05) is 12.1 Å². The van der Waals surface area contributed by atoms with Crippen molar-refractivity contribution in [3.05, 3.63) is 58.3 Å². The summed E-state index contributed by atoms with van der Waals surface area (Å²) < 4.78 is 5.56. The molecule has 2 aromatic heterocycles. The molecule has 3 aromatic rings. The van der Waals surface area contributed by atoms with Gasteiger partial charge in [0.25, 0.3) is 5.91 Å². The number of amides is 2. The number of carbonyl (C=O) groups excluding carboxylic acids is 2. The zero-order valence-corrected chi connectivity index (χ0v) is 14.6. The van der Waals surface area contributed by atoms with E-state index in [0.717, 1.165) is 11.3 Å². The highest BCUT2D eigenvalue weighted by Crippen LogP contribution is 2.29. The summed E-state index contributed by atoms with van der Waals surface area (Å²) in [5, 5.41) is 3.51. The van der Waals surface area contributed by atoms with Gasteiger partial charge in [-0.05, 0) is 43.7 Å². The Morgan fingerprint density at radius 3 is 2.48 bits per heavy atom. The first-order chi connectivity index (χ1) is 11.9. The number of aromatic nitrogens is 1. The summed E-state index contributed by atoms with van der Waals surface area (Å²) >= 11 is 1.29. The van der Waals surface area contributed by atoms with Crippen LogP contribution in [0.15, 0.2) is 40.8 Å². The van der Waals surface area contributed by atoms with E-state index >= 15 is 0 Å². The van der Waals surface area contributed by atoms with Crippen LogP contribution in [0.3, 0.4) is 0 Å². The molecule has 6 nitrogen and oxygen atoms in total. The highest BCUT2D eigenvalue weighted by molar-refractivity contribution is 7.17. The van der Waals surface area contributed by atoms with Crippen LogP contribution in [0, 0.1) is 13.8 Å². The molecule has 0 saturated carbocycles. The summed E-state index contributed by atoms with van der Waals surface area (Å²) in [5.74, 6) is 0.829. The first-order valence-corrected chi connectivity index (χ1v) is 8.47. The smallest absolute Gasteiger partial charge is 0.267 e. The standard InChI is InChI=1S/C18H17N3O3S/c1-10-3-8-14(24-10)18-20-11(2)16(25-18)17(23)21-13-6-4-12(5-7-13)9-15(19)22/h3-8H,9H2,1-2H3,(H2,19,22)(H,21,23). The number of nitrogens with one attached hydrogen (secondary N) is 1. The number of benzene rings is 1. The number of carbonyl (C=O) groups is 2. The minimum Gasteiger partial charge on any atom is -0.459 e. The van der Waals surface area contributed by atoms with E-state index in [9.17, 15) is 9.59 Å². The van der Waals surface area contributed by atoms with E-state index in [4.69, 9.17) is 10.2 Å². The van der Waals surface area contributed by atoms with Gasteiger partial charge in [-0.15, -0.1) is 11.3 Å². The van der Waals surface area contributed by atoms with E-state index in [1.165, 1.54) is 11.3 Å². The molecule has 1 aromatic carbocycles. The number of anilines is 1.